The van der Waals surface area contributed by atoms with Crippen LogP contribution in [0.4, 0.5) is 0 Å². The fourth-order valence-corrected chi connectivity index (χ4v) is 0.995. The van der Waals surface area contributed by atoms with Crippen LogP contribution < -0.4 is 0 Å². The Morgan fingerprint density at radius 1 is 1.64 bits per heavy atom. The molecule has 1 aromatic heterocycles. The van der Waals surface area contributed by atoms with Gasteiger partial charge in [-0.2, -0.15) is 0 Å². The molecule has 0 aliphatic rings. The van der Waals surface area contributed by atoms with E-state index in [1.54, 1.807) is 0 Å². The van der Waals surface area contributed by atoms with E-state index in [1.165, 1.54) is 13.1 Å². The Morgan fingerprint density at radius 2 is 2.29 bits per heavy atom. The van der Waals surface area contributed by atoms with Crippen LogP contribution in [0.15, 0.2) is 11.4 Å². The number of aryl methyl sites for hydroxylation is 1. The van der Waals surface area contributed by atoms with E-state index in [0.717, 1.165) is 6.21 Å². The lowest BCUT2D eigenvalue weighted by Crippen LogP contribution is -2.05. The summed E-state index contributed by atoms with van der Waals surface area (Å²) < 4.78 is 0. The molecule has 0 amide bonds. The molecule has 0 unspecified atom stereocenters. The van der Waals surface area contributed by atoms with Crippen molar-refractivity contribution < 1.29 is 20.2 Å². The third-order valence-corrected chi connectivity index (χ3v) is 1.68. The van der Waals surface area contributed by atoms with E-state index in [0.29, 0.717) is 0 Å². The fraction of sp³-hybridized carbons (Fsp3) is 0.125. The van der Waals surface area contributed by atoms with E-state index in [-0.39, 0.29) is 16.8 Å². The molecule has 0 fully saturated rings. The minimum absolute atomic E-state index is 0.0445. The van der Waals surface area contributed by atoms with Gasteiger partial charge in [0.2, 0.25) is 0 Å². The molecule has 0 aliphatic carbocycles. The Kier molecular flexibility index (Phi) is 2.66. The van der Waals surface area contributed by atoms with Gasteiger partial charge >= 0.3 is 5.97 Å². The molecule has 1 aromatic rings. The number of aromatic hydroxyl groups is 1. The number of hydrogen-bond acceptors (Lipinski definition) is 5. The minimum atomic E-state index is -1.30. The van der Waals surface area contributed by atoms with Crippen molar-refractivity contribution >= 4 is 12.2 Å². The highest BCUT2D eigenvalue weighted by Gasteiger charge is 2.17. The second-order valence-corrected chi connectivity index (χ2v) is 2.57. The van der Waals surface area contributed by atoms with Gasteiger partial charge in [-0.05, 0) is 6.92 Å². The van der Waals surface area contributed by atoms with Crippen LogP contribution in [0.5, 0.6) is 5.75 Å². The van der Waals surface area contributed by atoms with E-state index in [1.807, 2.05) is 0 Å². The van der Waals surface area contributed by atoms with Gasteiger partial charge in [0.05, 0.1) is 11.9 Å². The van der Waals surface area contributed by atoms with Crippen molar-refractivity contribution in [3.05, 3.63) is 23.0 Å². The summed E-state index contributed by atoms with van der Waals surface area (Å²) in [5.74, 6) is -1.72. The maximum absolute atomic E-state index is 10.7. The summed E-state index contributed by atoms with van der Waals surface area (Å²) in [5, 5.41) is 29.1. The summed E-state index contributed by atoms with van der Waals surface area (Å²) in [6.07, 6.45) is 2.10. The van der Waals surface area contributed by atoms with Gasteiger partial charge in [-0.25, -0.2) is 4.79 Å². The number of rotatable bonds is 2. The highest BCUT2D eigenvalue weighted by Crippen LogP contribution is 2.22. The molecule has 0 spiro atoms. The summed E-state index contributed by atoms with van der Waals surface area (Å²) in [6, 6.07) is 0. The zero-order chi connectivity index (χ0) is 10.7. The Labute approximate surface area is 79.1 Å². The first-order valence-electron chi connectivity index (χ1n) is 3.67. The standard InChI is InChI=1S/C8H8N2O4/c1-4-7(11)6(8(12)13)5(2-9-4)3-10-14/h2-3,11,14H,1H3,(H,12,13)/b10-3+. The first-order chi connectivity index (χ1) is 6.57. The summed E-state index contributed by atoms with van der Waals surface area (Å²) >= 11 is 0. The zero-order valence-electron chi connectivity index (χ0n) is 7.30. The average Bonchev–Trinajstić information content (AvgIpc) is 2.11. The molecule has 6 heteroatoms. The van der Waals surface area contributed by atoms with Crippen LogP contribution in [0.1, 0.15) is 21.6 Å². The molecule has 1 heterocycles. The topological polar surface area (TPSA) is 103 Å². The van der Waals surface area contributed by atoms with E-state index in [2.05, 4.69) is 10.1 Å². The van der Waals surface area contributed by atoms with Gasteiger partial charge in [-0.15, -0.1) is 0 Å². The minimum Gasteiger partial charge on any atom is -0.505 e. The Hall–Kier alpha value is -2.11. The largest absolute Gasteiger partial charge is 0.505 e. The van der Waals surface area contributed by atoms with Gasteiger partial charge in [0, 0.05) is 11.8 Å². The summed E-state index contributed by atoms with van der Waals surface area (Å²) in [5.41, 5.74) is -0.0733. The Morgan fingerprint density at radius 3 is 2.79 bits per heavy atom. The Bertz CT molecular complexity index is 401. The number of aromatic nitrogens is 1. The van der Waals surface area contributed by atoms with Gasteiger partial charge in [-0.3, -0.25) is 4.98 Å². The maximum Gasteiger partial charge on any atom is 0.340 e. The number of oxime groups is 1. The lowest BCUT2D eigenvalue weighted by Gasteiger charge is -2.04. The van der Waals surface area contributed by atoms with Crippen LogP contribution in [0, 0.1) is 6.92 Å². The number of aromatic carboxylic acids is 1. The van der Waals surface area contributed by atoms with E-state index in [9.17, 15) is 9.90 Å². The van der Waals surface area contributed by atoms with Gasteiger partial charge in [-0.1, -0.05) is 5.16 Å². The number of carboxylic acids is 1. The van der Waals surface area contributed by atoms with Crippen molar-refractivity contribution in [3.8, 4) is 5.75 Å². The lowest BCUT2D eigenvalue weighted by molar-refractivity contribution is 0.0693. The second-order valence-electron chi connectivity index (χ2n) is 2.57. The molecule has 0 bridgehead atoms. The lowest BCUT2D eigenvalue weighted by atomic mass is 10.1. The molecule has 0 radical (unpaired) electrons. The normalized spacial score (nSPS) is 10.6. The van der Waals surface area contributed by atoms with Crippen molar-refractivity contribution in [2.45, 2.75) is 6.92 Å². The number of nitrogens with zero attached hydrogens (tertiary/aromatic N) is 2. The molecule has 0 saturated carbocycles. The van der Waals surface area contributed by atoms with Crippen molar-refractivity contribution in [1.82, 2.24) is 4.98 Å². The molecular weight excluding hydrogens is 188 g/mol. The van der Waals surface area contributed by atoms with Crippen molar-refractivity contribution in [1.29, 1.82) is 0 Å². The first kappa shape index (κ1) is 9.97. The number of pyridine rings is 1. The zero-order valence-corrected chi connectivity index (χ0v) is 7.30. The van der Waals surface area contributed by atoms with E-state index >= 15 is 0 Å². The van der Waals surface area contributed by atoms with Crippen LogP contribution in [0.2, 0.25) is 0 Å². The highest BCUT2D eigenvalue weighted by molar-refractivity contribution is 6.00. The predicted octanol–water partition coefficient (Wildman–Crippen LogP) is 0.602. The van der Waals surface area contributed by atoms with Crippen LogP contribution in [0.3, 0.4) is 0 Å². The highest BCUT2D eigenvalue weighted by atomic mass is 16.4. The van der Waals surface area contributed by atoms with Crippen LogP contribution in [-0.4, -0.2) is 32.6 Å². The number of hydrogen-bond donors (Lipinski definition) is 3. The van der Waals surface area contributed by atoms with Crippen molar-refractivity contribution in [3.63, 3.8) is 0 Å². The van der Waals surface area contributed by atoms with Crippen LogP contribution in [-0.2, 0) is 0 Å². The van der Waals surface area contributed by atoms with Crippen LogP contribution in [0.25, 0.3) is 0 Å². The van der Waals surface area contributed by atoms with E-state index < -0.39 is 11.7 Å². The SMILES string of the molecule is Cc1ncc(/C=N/O)c(C(=O)O)c1O. The quantitative estimate of drug-likeness (QED) is 0.365. The summed E-state index contributed by atoms with van der Waals surface area (Å²) in [6.45, 7) is 1.47. The summed E-state index contributed by atoms with van der Waals surface area (Å²) in [7, 11) is 0. The molecule has 0 aromatic carbocycles. The molecule has 0 aliphatic heterocycles. The second kappa shape index (κ2) is 3.73. The monoisotopic (exact) mass is 196 g/mol. The third-order valence-electron chi connectivity index (χ3n) is 1.68. The molecule has 0 saturated heterocycles. The predicted molar refractivity (Wildman–Crippen MR) is 47.0 cm³/mol. The smallest absolute Gasteiger partial charge is 0.340 e. The third kappa shape index (κ3) is 1.63. The molecular formula is C8H8N2O4. The summed E-state index contributed by atoms with van der Waals surface area (Å²) in [4.78, 5) is 14.5. The maximum atomic E-state index is 10.7. The van der Waals surface area contributed by atoms with Gasteiger partial charge in [0.25, 0.3) is 0 Å². The Balaban J connectivity index is 3.45. The molecule has 6 nitrogen and oxygen atoms in total. The number of carbonyl (C=O) groups is 1. The molecule has 14 heavy (non-hydrogen) atoms. The number of carboxylic acid groups (broad SMARTS) is 1. The fourth-order valence-electron chi connectivity index (χ4n) is 0.995. The van der Waals surface area contributed by atoms with Crippen LogP contribution >= 0.6 is 0 Å². The van der Waals surface area contributed by atoms with Crippen molar-refractivity contribution in [2.24, 2.45) is 5.16 Å². The first-order valence-corrected chi connectivity index (χ1v) is 3.67. The van der Waals surface area contributed by atoms with Crippen molar-refractivity contribution in [2.75, 3.05) is 0 Å². The van der Waals surface area contributed by atoms with Gasteiger partial charge in [0.1, 0.15) is 5.56 Å². The molecule has 0 atom stereocenters. The molecule has 1 rings (SSSR count). The molecule has 74 valence electrons. The average molecular weight is 196 g/mol. The van der Waals surface area contributed by atoms with Gasteiger partial charge in [0.15, 0.2) is 5.75 Å². The van der Waals surface area contributed by atoms with E-state index in [4.69, 9.17) is 10.3 Å². The molecule has 3 N–H and O–H groups in total. The van der Waals surface area contributed by atoms with Gasteiger partial charge < -0.3 is 15.4 Å².